The first kappa shape index (κ1) is 29.6. The number of aromatic nitrogens is 4. The van der Waals surface area contributed by atoms with E-state index in [4.69, 9.17) is 4.98 Å². The Morgan fingerprint density at radius 2 is 1.68 bits per heavy atom. The van der Waals surface area contributed by atoms with Crippen LogP contribution >= 0.6 is 0 Å². The number of imidazole rings is 2. The smallest absolute Gasteiger partial charge is 0.328 e. The Bertz CT molecular complexity index is 2000. The van der Waals surface area contributed by atoms with Gasteiger partial charge in [0, 0.05) is 50.8 Å². The van der Waals surface area contributed by atoms with E-state index in [-0.39, 0.29) is 17.2 Å². The van der Waals surface area contributed by atoms with Crippen molar-refractivity contribution >= 4 is 39.3 Å². The monoisotopic (exact) mass is 602 g/mol. The van der Waals surface area contributed by atoms with Gasteiger partial charge in [0.25, 0.3) is 6.43 Å². The number of β-amino-alcohol motifs (C(OH)–C–C–N with tert-alkyl or cyclic N) is 1. The fraction of sp³-hybridized carbons (Fsp3) is 0.364. The zero-order valence-electron chi connectivity index (χ0n) is 25.9. The molecule has 1 fully saturated rings. The van der Waals surface area contributed by atoms with Crippen molar-refractivity contribution in [2.45, 2.75) is 52.1 Å². The maximum Gasteiger partial charge on any atom is 0.328 e. The van der Waals surface area contributed by atoms with Crippen LogP contribution in [0.15, 0.2) is 53.3 Å². The molecule has 3 aromatic carbocycles. The molecular formula is C33H36F2N6O3. The first-order chi connectivity index (χ1) is 20.6. The van der Waals surface area contributed by atoms with E-state index < -0.39 is 17.4 Å². The summed E-state index contributed by atoms with van der Waals surface area (Å²) in [5.41, 5.74) is 3.81. The van der Waals surface area contributed by atoms with Crippen molar-refractivity contribution in [2.24, 2.45) is 14.1 Å². The van der Waals surface area contributed by atoms with Crippen LogP contribution in [0, 0.1) is 0 Å². The van der Waals surface area contributed by atoms with Crippen LogP contribution in [0.3, 0.4) is 0 Å². The molecule has 3 heterocycles. The Morgan fingerprint density at radius 1 is 1.02 bits per heavy atom. The van der Waals surface area contributed by atoms with Crippen LogP contribution in [-0.4, -0.2) is 48.4 Å². The Kier molecular flexibility index (Phi) is 6.73. The second kappa shape index (κ2) is 10.0. The van der Waals surface area contributed by atoms with E-state index in [2.05, 4.69) is 5.32 Å². The van der Waals surface area contributed by atoms with Gasteiger partial charge in [-0.25, -0.2) is 18.6 Å². The van der Waals surface area contributed by atoms with Crippen LogP contribution in [0.4, 0.5) is 20.2 Å². The van der Waals surface area contributed by atoms with Gasteiger partial charge in [0.1, 0.15) is 5.82 Å². The highest BCUT2D eigenvalue weighted by Gasteiger charge is 2.38. The zero-order chi connectivity index (χ0) is 31.9. The number of hydrogen-bond donors (Lipinski definition) is 2. The van der Waals surface area contributed by atoms with E-state index >= 15 is 0 Å². The highest BCUT2D eigenvalue weighted by atomic mass is 19.3. The van der Waals surface area contributed by atoms with Crippen molar-refractivity contribution in [3.05, 3.63) is 70.4 Å². The van der Waals surface area contributed by atoms with Gasteiger partial charge in [-0.2, -0.15) is 0 Å². The van der Waals surface area contributed by atoms with Gasteiger partial charge < -0.3 is 15.3 Å². The molecule has 0 radical (unpaired) electrons. The largest absolute Gasteiger partial charge is 0.386 e. The topological polar surface area (TPSA) is 97.3 Å². The number of fused-ring (bicyclic) bond motifs is 2. The molecule has 0 saturated carbocycles. The molecule has 1 aliphatic rings. The average molecular weight is 603 g/mol. The molecule has 0 unspecified atom stereocenters. The normalized spacial score (nSPS) is 14.9. The first-order valence-corrected chi connectivity index (χ1v) is 14.5. The summed E-state index contributed by atoms with van der Waals surface area (Å²) < 4.78 is 34.5. The van der Waals surface area contributed by atoms with E-state index in [1.54, 1.807) is 60.5 Å². The van der Waals surface area contributed by atoms with E-state index in [1.807, 2.05) is 42.4 Å². The number of amides is 1. The Balaban J connectivity index is 1.61. The lowest BCUT2D eigenvalue weighted by atomic mass is 9.94. The second-order valence-corrected chi connectivity index (χ2v) is 13.1. The molecule has 5 aromatic rings. The molecular weight excluding hydrogens is 566 g/mol. The van der Waals surface area contributed by atoms with Crippen molar-refractivity contribution < 1.29 is 18.7 Å². The van der Waals surface area contributed by atoms with Gasteiger partial charge >= 0.3 is 5.69 Å². The summed E-state index contributed by atoms with van der Waals surface area (Å²) >= 11 is 0. The third kappa shape index (κ3) is 4.85. The lowest BCUT2D eigenvalue weighted by molar-refractivity contribution is -0.114. The number of nitrogens with zero attached hydrogens (tertiary/aromatic N) is 5. The molecule has 2 N–H and O–H groups in total. The van der Waals surface area contributed by atoms with Crippen LogP contribution in [-0.2, 0) is 24.3 Å². The summed E-state index contributed by atoms with van der Waals surface area (Å²) in [5.74, 6) is 0.455. The maximum absolute atomic E-state index is 14.7. The number of benzene rings is 3. The molecule has 1 aliphatic heterocycles. The summed E-state index contributed by atoms with van der Waals surface area (Å²) in [6, 6.07) is 13.8. The van der Waals surface area contributed by atoms with Gasteiger partial charge in [0.15, 0.2) is 0 Å². The van der Waals surface area contributed by atoms with Crippen LogP contribution < -0.4 is 15.9 Å². The van der Waals surface area contributed by atoms with Crippen LogP contribution in [0.1, 0.15) is 52.4 Å². The summed E-state index contributed by atoms with van der Waals surface area (Å²) in [6.45, 7) is 10.0. The number of alkyl halides is 2. The van der Waals surface area contributed by atoms with Gasteiger partial charge in [0.05, 0.1) is 39.0 Å². The van der Waals surface area contributed by atoms with Gasteiger partial charge in [-0.05, 0) is 54.4 Å². The molecule has 11 heteroatoms. The minimum absolute atomic E-state index is 0.140. The van der Waals surface area contributed by atoms with E-state index in [9.17, 15) is 23.5 Å². The molecule has 230 valence electrons. The summed E-state index contributed by atoms with van der Waals surface area (Å²) in [5, 5.41) is 13.2. The lowest BCUT2D eigenvalue weighted by Gasteiger charge is -2.46. The number of carbonyl (C=O) groups excluding carboxylic acids is 1. The number of rotatable bonds is 5. The number of carbonyl (C=O) groups is 1. The number of hydrogen-bond acceptors (Lipinski definition) is 5. The molecule has 0 bridgehead atoms. The summed E-state index contributed by atoms with van der Waals surface area (Å²) in [4.78, 5) is 31.5. The van der Waals surface area contributed by atoms with E-state index in [1.165, 1.54) is 13.0 Å². The van der Waals surface area contributed by atoms with Crippen molar-refractivity contribution in [2.75, 3.05) is 23.3 Å². The SMILES string of the molecule is CC(=O)Nc1ccc(-c2cc3nc(C(C)(C)C)n(-c4cc(N5CC(C)(O)C5)c5c(c4)n(C)c(=O)n5C)c3cc2C(F)F)cc1. The first-order valence-electron chi connectivity index (χ1n) is 14.5. The van der Waals surface area contributed by atoms with E-state index in [0.717, 1.165) is 11.2 Å². The highest BCUT2D eigenvalue weighted by molar-refractivity contribution is 5.94. The van der Waals surface area contributed by atoms with Crippen molar-refractivity contribution in [3.8, 4) is 16.8 Å². The number of halogens is 2. The number of anilines is 2. The van der Waals surface area contributed by atoms with Crippen molar-refractivity contribution in [3.63, 3.8) is 0 Å². The predicted molar refractivity (Wildman–Crippen MR) is 169 cm³/mol. The fourth-order valence-corrected chi connectivity index (χ4v) is 6.20. The summed E-state index contributed by atoms with van der Waals surface area (Å²) in [6.07, 6.45) is -2.76. The predicted octanol–water partition coefficient (Wildman–Crippen LogP) is 5.65. The third-order valence-electron chi connectivity index (χ3n) is 8.23. The van der Waals surface area contributed by atoms with Crippen LogP contribution in [0.5, 0.6) is 0 Å². The minimum Gasteiger partial charge on any atom is -0.386 e. The molecule has 0 aliphatic carbocycles. The third-order valence-corrected chi connectivity index (χ3v) is 8.23. The average Bonchev–Trinajstić information content (AvgIpc) is 3.42. The Hall–Kier alpha value is -4.51. The quantitative estimate of drug-likeness (QED) is 0.271. The van der Waals surface area contributed by atoms with Crippen LogP contribution in [0.25, 0.3) is 38.9 Å². The molecule has 9 nitrogen and oxygen atoms in total. The molecule has 1 amide bonds. The van der Waals surface area contributed by atoms with Gasteiger partial charge in [-0.3, -0.25) is 18.5 Å². The molecule has 1 saturated heterocycles. The van der Waals surface area contributed by atoms with Gasteiger partial charge in [-0.15, -0.1) is 0 Å². The standard InChI is InChI=1S/C33H36F2N6O3/c1-18(42)36-20-10-8-19(9-11-20)22-14-24-25(15-23(22)29(34)35)41(30(37-24)32(2,3)4)21-12-26-28(39(7)31(43)38(26)6)27(13-21)40-16-33(5,44)17-40/h8-15,29,44H,16-17H2,1-7H3,(H,36,42). The maximum atomic E-state index is 14.7. The molecule has 2 aromatic heterocycles. The lowest BCUT2D eigenvalue weighted by Crippen LogP contribution is -2.60. The Labute approximate surface area is 253 Å². The highest BCUT2D eigenvalue weighted by Crippen LogP contribution is 2.40. The molecule has 6 rings (SSSR count). The molecule has 0 atom stereocenters. The fourth-order valence-electron chi connectivity index (χ4n) is 6.20. The number of aliphatic hydroxyl groups is 1. The van der Waals surface area contributed by atoms with Gasteiger partial charge in [0.2, 0.25) is 5.91 Å². The molecule has 0 spiro atoms. The van der Waals surface area contributed by atoms with Crippen LogP contribution in [0.2, 0.25) is 0 Å². The number of nitrogens with one attached hydrogen (secondary N) is 1. The van der Waals surface area contributed by atoms with Crippen molar-refractivity contribution in [1.82, 2.24) is 18.7 Å². The minimum atomic E-state index is -2.76. The van der Waals surface area contributed by atoms with Crippen molar-refractivity contribution in [1.29, 1.82) is 0 Å². The molecule has 44 heavy (non-hydrogen) atoms. The number of aryl methyl sites for hydroxylation is 2. The summed E-state index contributed by atoms with van der Waals surface area (Å²) in [7, 11) is 3.43. The second-order valence-electron chi connectivity index (χ2n) is 13.1. The zero-order valence-corrected chi connectivity index (χ0v) is 25.9. The van der Waals surface area contributed by atoms with Gasteiger partial charge in [-0.1, -0.05) is 32.9 Å². The Morgan fingerprint density at radius 3 is 2.25 bits per heavy atom. The van der Waals surface area contributed by atoms with E-state index in [0.29, 0.717) is 58.0 Å².